The van der Waals surface area contributed by atoms with Crippen LogP contribution in [0.3, 0.4) is 0 Å². The predicted octanol–water partition coefficient (Wildman–Crippen LogP) is 0.271. The highest BCUT2D eigenvalue weighted by molar-refractivity contribution is 4.96. The summed E-state index contributed by atoms with van der Waals surface area (Å²) in [5.41, 5.74) is 6.27. The number of nitrogens with two attached hydrogens (primary N) is 1. The van der Waals surface area contributed by atoms with Crippen LogP contribution in [0.4, 0.5) is 0 Å². The molecule has 3 saturated heterocycles. The maximum absolute atomic E-state index is 6.27. The number of hydrogen-bond acceptors (Lipinski definition) is 4. The Bertz CT molecular complexity index is 273. The van der Waals surface area contributed by atoms with E-state index in [0.717, 1.165) is 25.7 Å². The van der Waals surface area contributed by atoms with Gasteiger partial charge >= 0.3 is 0 Å². The summed E-state index contributed by atoms with van der Waals surface area (Å²) in [6.45, 7) is 7.73. The summed E-state index contributed by atoms with van der Waals surface area (Å²) in [6.07, 6.45) is 3.76. The molecule has 4 heteroatoms. The molecule has 0 aromatic heterocycles. The molecule has 3 aliphatic rings. The van der Waals surface area contributed by atoms with Crippen molar-refractivity contribution >= 4 is 0 Å². The van der Waals surface area contributed by atoms with Crippen molar-refractivity contribution in [1.82, 2.24) is 9.80 Å². The second kappa shape index (κ2) is 4.84. The van der Waals surface area contributed by atoms with E-state index in [1.165, 1.54) is 32.5 Å². The van der Waals surface area contributed by atoms with Crippen LogP contribution in [-0.4, -0.2) is 66.8 Å². The summed E-state index contributed by atoms with van der Waals surface area (Å²) in [5, 5.41) is 0. The van der Waals surface area contributed by atoms with Gasteiger partial charge in [0.15, 0.2) is 0 Å². The average Bonchev–Trinajstić information content (AvgIpc) is 2.76. The fourth-order valence-corrected chi connectivity index (χ4v) is 3.75. The summed E-state index contributed by atoms with van der Waals surface area (Å²) in [5.74, 6) is 0. The van der Waals surface area contributed by atoms with Gasteiger partial charge in [0, 0.05) is 43.9 Å². The summed E-state index contributed by atoms with van der Waals surface area (Å²) in [6, 6.07) is 2.16. The molecule has 4 atom stereocenters. The molecular weight excluding hydrogens is 214 g/mol. The molecule has 0 aromatic carbocycles. The zero-order valence-electron chi connectivity index (χ0n) is 10.8. The molecule has 4 unspecified atom stereocenters. The number of rotatable bonds is 1. The molecule has 0 amide bonds. The molecule has 0 aliphatic carbocycles. The topological polar surface area (TPSA) is 41.7 Å². The lowest BCUT2D eigenvalue weighted by molar-refractivity contribution is -0.0428. The van der Waals surface area contributed by atoms with Gasteiger partial charge in [-0.1, -0.05) is 0 Å². The Balaban J connectivity index is 1.69. The highest BCUT2D eigenvalue weighted by Gasteiger charge is 2.39. The Morgan fingerprint density at radius 2 is 2.12 bits per heavy atom. The molecule has 0 aromatic rings. The lowest BCUT2D eigenvalue weighted by Crippen LogP contribution is -2.63. The summed E-state index contributed by atoms with van der Waals surface area (Å²) in [7, 11) is 0. The standard InChI is InChI=1S/C13H25N3O/c1-10-7-15-5-2-3-11(15)8-16(10)13-9-17-6-4-12(13)14/h10-13H,2-9,14H2,1H3. The minimum absolute atomic E-state index is 0.305. The van der Waals surface area contributed by atoms with Gasteiger partial charge in [0.25, 0.3) is 0 Å². The first-order chi connectivity index (χ1) is 8.25. The molecular formula is C13H25N3O. The Kier molecular flexibility index (Phi) is 3.39. The van der Waals surface area contributed by atoms with Crippen LogP contribution in [0.2, 0.25) is 0 Å². The van der Waals surface area contributed by atoms with E-state index in [9.17, 15) is 0 Å². The van der Waals surface area contributed by atoms with Gasteiger partial charge in [0.1, 0.15) is 0 Å². The van der Waals surface area contributed by atoms with Gasteiger partial charge in [-0.3, -0.25) is 9.80 Å². The second-order valence-electron chi connectivity index (χ2n) is 5.93. The predicted molar refractivity (Wildman–Crippen MR) is 68.0 cm³/mol. The van der Waals surface area contributed by atoms with Crippen molar-refractivity contribution in [2.45, 2.75) is 50.4 Å². The van der Waals surface area contributed by atoms with Gasteiger partial charge in [0.2, 0.25) is 0 Å². The molecule has 0 saturated carbocycles. The van der Waals surface area contributed by atoms with Crippen molar-refractivity contribution in [3.8, 4) is 0 Å². The fourth-order valence-electron chi connectivity index (χ4n) is 3.75. The summed E-state index contributed by atoms with van der Waals surface area (Å²) in [4.78, 5) is 5.28. The van der Waals surface area contributed by atoms with Gasteiger partial charge in [-0.15, -0.1) is 0 Å². The van der Waals surface area contributed by atoms with Crippen LogP contribution in [0.5, 0.6) is 0 Å². The smallest absolute Gasteiger partial charge is 0.0637 e. The number of ether oxygens (including phenoxy) is 1. The molecule has 98 valence electrons. The maximum Gasteiger partial charge on any atom is 0.0637 e. The second-order valence-corrected chi connectivity index (χ2v) is 5.93. The van der Waals surface area contributed by atoms with E-state index >= 15 is 0 Å². The van der Waals surface area contributed by atoms with Crippen LogP contribution in [-0.2, 0) is 4.74 Å². The molecule has 3 heterocycles. The molecule has 0 radical (unpaired) electrons. The SMILES string of the molecule is CC1CN2CCCC2CN1C1COCCC1N. The quantitative estimate of drug-likeness (QED) is 0.713. The van der Waals surface area contributed by atoms with Crippen molar-refractivity contribution in [3.63, 3.8) is 0 Å². The Morgan fingerprint density at radius 3 is 2.94 bits per heavy atom. The molecule has 2 N–H and O–H groups in total. The van der Waals surface area contributed by atoms with Crippen LogP contribution in [0, 0.1) is 0 Å². The molecule has 3 aliphatic heterocycles. The van der Waals surface area contributed by atoms with Gasteiger partial charge in [-0.25, -0.2) is 0 Å². The average molecular weight is 239 g/mol. The first-order valence-corrected chi connectivity index (χ1v) is 7.09. The first kappa shape index (κ1) is 11.9. The number of fused-ring (bicyclic) bond motifs is 1. The van der Waals surface area contributed by atoms with Crippen LogP contribution >= 0.6 is 0 Å². The monoisotopic (exact) mass is 239 g/mol. The van der Waals surface area contributed by atoms with E-state index in [1.54, 1.807) is 0 Å². The fraction of sp³-hybridized carbons (Fsp3) is 1.00. The first-order valence-electron chi connectivity index (χ1n) is 7.09. The summed E-state index contributed by atoms with van der Waals surface area (Å²) >= 11 is 0. The van der Waals surface area contributed by atoms with Crippen LogP contribution in [0.1, 0.15) is 26.2 Å². The largest absolute Gasteiger partial charge is 0.380 e. The molecule has 17 heavy (non-hydrogen) atoms. The van der Waals surface area contributed by atoms with Gasteiger partial charge in [-0.2, -0.15) is 0 Å². The highest BCUT2D eigenvalue weighted by atomic mass is 16.5. The van der Waals surface area contributed by atoms with Gasteiger partial charge in [0.05, 0.1) is 6.61 Å². The van der Waals surface area contributed by atoms with Crippen molar-refractivity contribution < 1.29 is 4.74 Å². The Morgan fingerprint density at radius 1 is 1.24 bits per heavy atom. The zero-order valence-corrected chi connectivity index (χ0v) is 10.8. The van der Waals surface area contributed by atoms with Crippen molar-refractivity contribution in [2.24, 2.45) is 5.73 Å². The van der Waals surface area contributed by atoms with E-state index in [4.69, 9.17) is 10.5 Å². The van der Waals surface area contributed by atoms with Crippen molar-refractivity contribution in [3.05, 3.63) is 0 Å². The Hall–Kier alpha value is -0.160. The zero-order chi connectivity index (χ0) is 11.8. The van der Waals surface area contributed by atoms with Crippen LogP contribution in [0.15, 0.2) is 0 Å². The van der Waals surface area contributed by atoms with Crippen LogP contribution < -0.4 is 5.73 Å². The molecule has 3 fully saturated rings. The van der Waals surface area contributed by atoms with Crippen molar-refractivity contribution in [2.75, 3.05) is 32.8 Å². The molecule has 3 rings (SSSR count). The lowest BCUT2D eigenvalue weighted by atomic mass is 9.98. The Labute approximate surface area is 104 Å². The number of hydrogen-bond donors (Lipinski definition) is 1. The van der Waals surface area contributed by atoms with E-state index in [2.05, 4.69) is 16.7 Å². The van der Waals surface area contributed by atoms with E-state index in [0.29, 0.717) is 18.1 Å². The normalized spacial score (nSPS) is 44.8. The minimum Gasteiger partial charge on any atom is -0.380 e. The lowest BCUT2D eigenvalue weighted by Gasteiger charge is -2.48. The third-order valence-corrected chi connectivity index (χ3v) is 4.79. The molecule has 0 spiro atoms. The highest BCUT2D eigenvalue weighted by Crippen LogP contribution is 2.27. The third kappa shape index (κ3) is 2.24. The third-order valence-electron chi connectivity index (χ3n) is 4.79. The van der Waals surface area contributed by atoms with E-state index in [1.807, 2.05) is 0 Å². The maximum atomic E-state index is 6.27. The van der Waals surface area contributed by atoms with E-state index < -0.39 is 0 Å². The number of nitrogens with zero attached hydrogens (tertiary/aromatic N) is 2. The molecule has 0 bridgehead atoms. The van der Waals surface area contributed by atoms with Gasteiger partial charge in [-0.05, 0) is 32.7 Å². The summed E-state index contributed by atoms with van der Waals surface area (Å²) < 4.78 is 5.63. The minimum atomic E-state index is 0.305. The van der Waals surface area contributed by atoms with Gasteiger partial charge < -0.3 is 10.5 Å². The van der Waals surface area contributed by atoms with E-state index in [-0.39, 0.29) is 0 Å². The number of piperazine rings is 1. The molecule has 4 nitrogen and oxygen atoms in total. The van der Waals surface area contributed by atoms with Crippen LogP contribution in [0.25, 0.3) is 0 Å². The van der Waals surface area contributed by atoms with Crippen molar-refractivity contribution in [1.29, 1.82) is 0 Å².